The van der Waals surface area contributed by atoms with Crippen molar-refractivity contribution in [1.29, 1.82) is 0 Å². The van der Waals surface area contributed by atoms with E-state index >= 15 is 0 Å². The van der Waals surface area contributed by atoms with Crippen LogP contribution >= 0.6 is 11.3 Å². The number of nitrogens with one attached hydrogen (secondary N) is 1. The van der Waals surface area contributed by atoms with Gasteiger partial charge >= 0.3 is 0 Å². The van der Waals surface area contributed by atoms with Crippen molar-refractivity contribution in [3.63, 3.8) is 0 Å². The fraction of sp³-hybridized carbons (Fsp3) is 0.588. The maximum atomic E-state index is 12.5. The maximum absolute atomic E-state index is 12.5. The SMILES string of the molecule is COCCN1C(=O)C[C@@H](CNCc2nc(C)cs2)[C@@H]1c1cnn(C)c1. The molecule has 3 rings (SSSR count). The number of hydrogen-bond acceptors (Lipinski definition) is 6. The molecule has 2 atom stereocenters. The topological polar surface area (TPSA) is 72.3 Å². The predicted octanol–water partition coefficient (Wildman–Crippen LogP) is 1.51. The monoisotopic (exact) mass is 363 g/mol. The van der Waals surface area contributed by atoms with Gasteiger partial charge < -0.3 is 15.0 Å². The molecule has 1 aliphatic heterocycles. The van der Waals surface area contributed by atoms with Crippen LogP contribution in [0.15, 0.2) is 17.8 Å². The Balaban J connectivity index is 1.68. The molecule has 0 aromatic carbocycles. The van der Waals surface area contributed by atoms with Gasteiger partial charge in [-0.05, 0) is 6.92 Å². The molecule has 25 heavy (non-hydrogen) atoms. The molecule has 3 heterocycles. The van der Waals surface area contributed by atoms with E-state index in [1.165, 1.54) is 0 Å². The van der Waals surface area contributed by atoms with Gasteiger partial charge in [0.1, 0.15) is 5.01 Å². The zero-order chi connectivity index (χ0) is 17.8. The highest BCUT2D eigenvalue weighted by Gasteiger charge is 2.40. The Labute approximate surface area is 152 Å². The number of thiazole rings is 1. The molecule has 0 spiro atoms. The second kappa shape index (κ2) is 8.07. The minimum Gasteiger partial charge on any atom is -0.383 e. The first kappa shape index (κ1) is 18.0. The van der Waals surface area contributed by atoms with E-state index in [2.05, 4.69) is 20.8 Å². The molecule has 0 radical (unpaired) electrons. The highest BCUT2D eigenvalue weighted by atomic mass is 32.1. The summed E-state index contributed by atoms with van der Waals surface area (Å²) in [4.78, 5) is 18.9. The molecule has 1 saturated heterocycles. The molecule has 1 amide bonds. The molecule has 0 aliphatic carbocycles. The van der Waals surface area contributed by atoms with E-state index in [0.29, 0.717) is 19.6 Å². The lowest BCUT2D eigenvalue weighted by molar-refractivity contribution is -0.129. The number of methoxy groups -OCH3 is 1. The van der Waals surface area contributed by atoms with Crippen LogP contribution in [0.5, 0.6) is 0 Å². The van der Waals surface area contributed by atoms with Crippen LogP contribution in [0.25, 0.3) is 0 Å². The Kier molecular flexibility index (Phi) is 5.82. The van der Waals surface area contributed by atoms with E-state index in [0.717, 1.165) is 29.4 Å². The average Bonchev–Trinajstić information content (AvgIpc) is 3.25. The molecule has 0 saturated carbocycles. The van der Waals surface area contributed by atoms with Crippen LogP contribution in [0, 0.1) is 12.8 Å². The van der Waals surface area contributed by atoms with E-state index in [1.54, 1.807) is 23.1 Å². The Hall–Kier alpha value is -1.77. The molecule has 136 valence electrons. The fourth-order valence-corrected chi connectivity index (χ4v) is 4.13. The van der Waals surface area contributed by atoms with Gasteiger partial charge in [-0.2, -0.15) is 5.10 Å². The third-order valence-corrected chi connectivity index (χ3v) is 5.46. The van der Waals surface area contributed by atoms with Crippen LogP contribution in [0.2, 0.25) is 0 Å². The quantitative estimate of drug-likeness (QED) is 0.770. The molecule has 0 unspecified atom stereocenters. The zero-order valence-corrected chi connectivity index (χ0v) is 15.8. The van der Waals surface area contributed by atoms with Gasteiger partial charge in [-0.15, -0.1) is 11.3 Å². The Morgan fingerprint density at radius 3 is 2.96 bits per heavy atom. The molecular formula is C17H25N5O2S. The zero-order valence-electron chi connectivity index (χ0n) is 14.9. The van der Waals surface area contributed by atoms with Gasteiger partial charge in [0.05, 0.1) is 18.8 Å². The van der Waals surface area contributed by atoms with Crippen molar-refractivity contribution < 1.29 is 9.53 Å². The Morgan fingerprint density at radius 1 is 1.48 bits per heavy atom. The van der Waals surface area contributed by atoms with Crippen LogP contribution in [0.3, 0.4) is 0 Å². The van der Waals surface area contributed by atoms with Crippen LogP contribution in [-0.4, -0.2) is 52.4 Å². The first-order valence-corrected chi connectivity index (χ1v) is 9.35. The number of nitrogens with zero attached hydrogens (tertiary/aromatic N) is 4. The lowest BCUT2D eigenvalue weighted by atomic mass is 9.95. The number of likely N-dealkylation sites (tertiary alicyclic amines) is 1. The normalized spacial score (nSPS) is 20.6. The van der Waals surface area contributed by atoms with Crippen LogP contribution in [0.4, 0.5) is 0 Å². The summed E-state index contributed by atoms with van der Waals surface area (Å²) in [5.41, 5.74) is 2.14. The number of aromatic nitrogens is 3. The van der Waals surface area contributed by atoms with Gasteiger partial charge in [0.15, 0.2) is 0 Å². The number of carbonyl (C=O) groups is 1. The summed E-state index contributed by atoms with van der Waals surface area (Å²) >= 11 is 1.66. The summed E-state index contributed by atoms with van der Waals surface area (Å²) in [5.74, 6) is 0.400. The van der Waals surface area contributed by atoms with E-state index in [-0.39, 0.29) is 17.9 Å². The number of amides is 1. The maximum Gasteiger partial charge on any atom is 0.223 e. The van der Waals surface area contributed by atoms with Crippen molar-refractivity contribution in [3.05, 3.63) is 34.0 Å². The van der Waals surface area contributed by atoms with Crippen molar-refractivity contribution in [1.82, 2.24) is 25.0 Å². The summed E-state index contributed by atoms with van der Waals surface area (Å²) < 4.78 is 6.97. The lowest BCUT2D eigenvalue weighted by Gasteiger charge is -2.27. The molecule has 1 N–H and O–H groups in total. The number of carbonyl (C=O) groups excluding carboxylic acids is 1. The molecule has 8 heteroatoms. The van der Waals surface area contributed by atoms with Crippen LogP contribution < -0.4 is 5.32 Å². The van der Waals surface area contributed by atoms with Crippen molar-refractivity contribution in [2.75, 3.05) is 26.8 Å². The van der Waals surface area contributed by atoms with E-state index in [9.17, 15) is 4.79 Å². The largest absolute Gasteiger partial charge is 0.383 e. The molecule has 0 bridgehead atoms. The third kappa shape index (κ3) is 4.26. The summed E-state index contributed by atoms with van der Waals surface area (Å²) in [6.07, 6.45) is 4.41. The van der Waals surface area contributed by atoms with Gasteiger partial charge in [0.2, 0.25) is 5.91 Å². The molecule has 7 nitrogen and oxygen atoms in total. The van der Waals surface area contributed by atoms with Crippen molar-refractivity contribution in [2.24, 2.45) is 13.0 Å². The summed E-state index contributed by atoms with van der Waals surface area (Å²) in [5, 5.41) is 10.9. The first-order valence-electron chi connectivity index (χ1n) is 8.47. The number of rotatable bonds is 8. The van der Waals surface area contributed by atoms with Gasteiger partial charge in [0.25, 0.3) is 0 Å². The predicted molar refractivity (Wildman–Crippen MR) is 96.2 cm³/mol. The molecular weight excluding hydrogens is 338 g/mol. The van der Waals surface area contributed by atoms with E-state index < -0.39 is 0 Å². The standard InChI is InChI=1S/C17H25N5O2S/c1-12-11-25-15(20-12)9-18-7-13-6-16(23)22(4-5-24-3)17(13)14-8-19-21(2)10-14/h8,10-11,13,17-18H,4-7,9H2,1-3H3/t13-,17+/m0/s1. The third-order valence-electron chi connectivity index (χ3n) is 4.49. The van der Waals surface area contributed by atoms with Gasteiger partial charge in [-0.25, -0.2) is 4.98 Å². The van der Waals surface area contributed by atoms with Crippen LogP contribution in [-0.2, 0) is 23.1 Å². The fourth-order valence-electron chi connectivity index (χ4n) is 3.39. The summed E-state index contributed by atoms with van der Waals surface area (Å²) in [7, 11) is 3.56. The Bertz CT molecular complexity index is 713. The molecule has 1 aliphatic rings. The highest BCUT2D eigenvalue weighted by molar-refractivity contribution is 7.09. The molecule has 2 aromatic rings. The van der Waals surface area contributed by atoms with E-state index in [1.807, 2.05) is 31.3 Å². The van der Waals surface area contributed by atoms with Crippen LogP contribution in [0.1, 0.15) is 28.7 Å². The summed E-state index contributed by atoms with van der Waals surface area (Å²) in [6, 6.07) is 0.0434. The first-order chi connectivity index (χ1) is 12.1. The molecule has 1 fully saturated rings. The van der Waals surface area contributed by atoms with Gasteiger partial charge in [0, 0.05) is 69.0 Å². The van der Waals surface area contributed by atoms with E-state index in [4.69, 9.17) is 4.74 Å². The van der Waals surface area contributed by atoms with Crippen molar-refractivity contribution in [3.8, 4) is 0 Å². The van der Waals surface area contributed by atoms with Gasteiger partial charge in [-0.3, -0.25) is 9.48 Å². The average molecular weight is 363 g/mol. The molecule has 2 aromatic heterocycles. The number of ether oxygens (including phenoxy) is 1. The number of aryl methyl sites for hydroxylation is 2. The minimum absolute atomic E-state index is 0.0434. The smallest absolute Gasteiger partial charge is 0.223 e. The minimum atomic E-state index is 0.0434. The Morgan fingerprint density at radius 2 is 2.32 bits per heavy atom. The van der Waals surface area contributed by atoms with Crippen molar-refractivity contribution in [2.45, 2.75) is 25.9 Å². The number of hydrogen-bond donors (Lipinski definition) is 1. The second-order valence-corrected chi connectivity index (χ2v) is 7.39. The second-order valence-electron chi connectivity index (χ2n) is 6.45. The van der Waals surface area contributed by atoms with Crippen molar-refractivity contribution >= 4 is 17.2 Å². The summed E-state index contributed by atoms with van der Waals surface area (Å²) in [6.45, 7) is 4.66. The lowest BCUT2D eigenvalue weighted by Crippen LogP contribution is -2.33. The highest BCUT2D eigenvalue weighted by Crippen LogP contribution is 2.37. The van der Waals surface area contributed by atoms with Gasteiger partial charge in [-0.1, -0.05) is 0 Å².